The first kappa shape index (κ1) is 15.0. The molecule has 0 spiro atoms. The van der Waals surface area contributed by atoms with E-state index in [1.54, 1.807) is 0 Å². The predicted molar refractivity (Wildman–Crippen MR) is 77.2 cm³/mol. The zero-order valence-corrected chi connectivity index (χ0v) is 12.6. The molecule has 0 aromatic heterocycles. The predicted octanol–water partition coefficient (Wildman–Crippen LogP) is 3.71. The molecule has 1 aromatic carbocycles. The third kappa shape index (κ3) is 3.49. The number of carbonyl (C=O) groups is 1. The number of hydrogen-bond acceptors (Lipinski definition) is 1. The van der Waals surface area contributed by atoms with Gasteiger partial charge in [0.05, 0.1) is 5.54 Å². The SMILES string of the molecule is Cc1ccc(C(C)C)cc1C(C)(C)NC(=O)CCl. The van der Waals surface area contributed by atoms with Crippen molar-refractivity contribution in [2.45, 2.75) is 46.1 Å². The first-order valence-corrected chi connectivity index (χ1v) is 6.79. The highest BCUT2D eigenvalue weighted by Gasteiger charge is 2.24. The Kier molecular flexibility index (Phi) is 4.80. The zero-order valence-electron chi connectivity index (χ0n) is 11.8. The molecule has 1 N–H and O–H groups in total. The molecule has 0 saturated carbocycles. The van der Waals surface area contributed by atoms with Crippen LogP contribution in [0.5, 0.6) is 0 Å². The van der Waals surface area contributed by atoms with Crippen LogP contribution in [0, 0.1) is 6.92 Å². The van der Waals surface area contributed by atoms with Crippen LogP contribution in [0.25, 0.3) is 0 Å². The summed E-state index contributed by atoms with van der Waals surface area (Å²) in [6.45, 7) is 10.4. The molecule has 100 valence electrons. The zero-order chi connectivity index (χ0) is 13.9. The van der Waals surface area contributed by atoms with Gasteiger partial charge in [0, 0.05) is 0 Å². The minimum atomic E-state index is -0.402. The highest BCUT2D eigenvalue weighted by Crippen LogP contribution is 2.27. The Morgan fingerprint density at radius 1 is 1.39 bits per heavy atom. The number of hydrogen-bond donors (Lipinski definition) is 1. The Morgan fingerprint density at radius 3 is 2.50 bits per heavy atom. The molecular weight excluding hydrogens is 246 g/mol. The van der Waals surface area contributed by atoms with Crippen molar-refractivity contribution in [3.63, 3.8) is 0 Å². The molecule has 0 unspecified atom stereocenters. The monoisotopic (exact) mass is 267 g/mol. The van der Waals surface area contributed by atoms with Gasteiger partial charge in [0.1, 0.15) is 5.88 Å². The van der Waals surface area contributed by atoms with E-state index in [1.807, 2.05) is 13.8 Å². The van der Waals surface area contributed by atoms with Gasteiger partial charge >= 0.3 is 0 Å². The molecule has 0 atom stereocenters. The topological polar surface area (TPSA) is 29.1 Å². The number of benzene rings is 1. The molecule has 0 aliphatic carbocycles. The Morgan fingerprint density at radius 2 is 2.00 bits per heavy atom. The van der Waals surface area contributed by atoms with Crippen molar-refractivity contribution in [1.29, 1.82) is 0 Å². The van der Waals surface area contributed by atoms with Gasteiger partial charge in [-0.05, 0) is 43.4 Å². The Balaban J connectivity index is 3.13. The van der Waals surface area contributed by atoms with Gasteiger partial charge in [-0.25, -0.2) is 0 Å². The molecule has 0 saturated heterocycles. The lowest BCUT2D eigenvalue weighted by Gasteiger charge is -2.29. The summed E-state index contributed by atoms with van der Waals surface area (Å²) in [6, 6.07) is 6.43. The third-order valence-corrected chi connectivity index (χ3v) is 3.42. The molecular formula is C15H22ClNO. The maximum atomic E-state index is 11.5. The summed E-state index contributed by atoms with van der Waals surface area (Å²) < 4.78 is 0. The molecule has 1 rings (SSSR count). The average Bonchev–Trinajstić information content (AvgIpc) is 2.28. The lowest BCUT2D eigenvalue weighted by atomic mass is 9.87. The van der Waals surface area contributed by atoms with Crippen molar-refractivity contribution in [3.8, 4) is 0 Å². The molecule has 18 heavy (non-hydrogen) atoms. The molecule has 0 aliphatic rings. The minimum absolute atomic E-state index is 0.00759. The number of alkyl halides is 1. The van der Waals surface area contributed by atoms with Crippen molar-refractivity contribution in [3.05, 3.63) is 34.9 Å². The van der Waals surface area contributed by atoms with Gasteiger partial charge in [-0.15, -0.1) is 11.6 Å². The summed E-state index contributed by atoms with van der Waals surface area (Å²) >= 11 is 5.55. The summed E-state index contributed by atoms with van der Waals surface area (Å²) in [5, 5.41) is 2.96. The normalized spacial score (nSPS) is 11.7. The van der Waals surface area contributed by atoms with Crippen LogP contribution in [0.15, 0.2) is 18.2 Å². The number of halogens is 1. The smallest absolute Gasteiger partial charge is 0.235 e. The van der Waals surface area contributed by atoms with E-state index in [9.17, 15) is 4.79 Å². The standard InChI is InChI=1S/C15H22ClNO/c1-10(2)12-7-6-11(3)13(8-12)15(4,5)17-14(18)9-16/h6-8,10H,9H2,1-5H3,(H,17,18). The van der Waals surface area contributed by atoms with Gasteiger partial charge < -0.3 is 5.32 Å². The van der Waals surface area contributed by atoms with Gasteiger partial charge in [0.2, 0.25) is 5.91 Å². The van der Waals surface area contributed by atoms with Crippen LogP contribution in [0.4, 0.5) is 0 Å². The Labute approximate surface area is 115 Å². The van der Waals surface area contributed by atoms with E-state index in [4.69, 9.17) is 11.6 Å². The second-order valence-corrected chi connectivity index (χ2v) is 5.80. The molecule has 0 radical (unpaired) electrons. The van der Waals surface area contributed by atoms with Gasteiger partial charge in [-0.3, -0.25) is 4.79 Å². The number of amides is 1. The molecule has 3 heteroatoms. The highest BCUT2D eigenvalue weighted by molar-refractivity contribution is 6.27. The summed E-state index contributed by atoms with van der Waals surface area (Å²) in [5.74, 6) is 0.326. The van der Waals surface area contributed by atoms with Crippen molar-refractivity contribution in [1.82, 2.24) is 5.32 Å². The van der Waals surface area contributed by atoms with Crippen LogP contribution in [0.1, 0.15) is 50.3 Å². The van der Waals surface area contributed by atoms with Crippen LogP contribution in [0.2, 0.25) is 0 Å². The van der Waals surface area contributed by atoms with Crippen LogP contribution in [0.3, 0.4) is 0 Å². The fourth-order valence-corrected chi connectivity index (χ4v) is 2.19. The summed E-state index contributed by atoms with van der Waals surface area (Å²) in [4.78, 5) is 11.5. The number of rotatable bonds is 4. The maximum absolute atomic E-state index is 11.5. The fourth-order valence-electron chi connectivity index (χ4n) is 2.12. The molecule has 1 aromatic rings. The van der Waals surface area contributed by atoms with Gasteiger partial charge in [-0.2, -0.15) is 0 Å². The Hall–Kier alpha value is -1.02. The molecule has 0 bridgehead atoms. The van der Waals surface area contributed by atoms with Crippen LogP contribution >= 0.6 is 11.6 Å². The molecule has 0 fully saturated rings. The maximum Gasteiger partial charge on any atom is 0.235 e. The van der Waals surface area contributed by atoms with E-state index in [0.29, 0.717) is 5.92 Å². The van der Waals surface area contributed by atoms with Crippen LogP contribution < -0.4 is 5.32 Å². The average molecular weight is 268 g/mol. The quantitative estimate of drug-likeness (QED) is 0.828. The molecule has 0 aliphatic heterocycles. The molecule has 2 nitrogen and oxygen atoms in total. The molecule has 1 amide bonds. The number of carbonyl (C=O) groups excluding carboxylic acids is 1. The van der Waals surface area contributed by atoms with E-state index in [0.717, 1.165) is 5.56 Å². The first-order valence-electron chi connectivity index (χ1n) is 6.26. The lowest BCUT2D eigenvalue weighted by Crippen LogP contribution is -2.42. The number of aryl methyl sites for hydroxylation is 1. The van der Waals surface area contributed by atoms with Crippen molar-refractivity contribution < 1.29 is 4.79 Å². The number of nitrogens with one attached hydrogen (secondary N) is 1. The van der Waals surface area contributed by atoms with Crippen molar-refractivity contribution in [2.75, 3.05) is 5.88 Å². The van der Waals surface area contributed by atoms with Crippen molar-refractivity contribution in [2.24, 2.45) is 0 Å². The second kappa shape index (κ2) is 5.75. The van der Waals surface area contributed by atoms with E-state index < -0.39 is 5.54 Å². The first-order chi connectivity index (χ1) is 8.27. The molecule has 0 heterocycles. The minimum Gasteiger partial charge on any atom is -0.346 e. The van der Waals surface area contributed by atoms with Crippen molar-refractivity contribution >= 4 is 17.5 Å². The van der Waals surface area contributed by atoms with E-state index in [1.165, 1.54) is 11.1 Å². The van der Waals surface area contributed by atoms with E-state index >= 15 is 0 Å². The van der Waals surface area contributed by atoms with Gasteiger partial charge in [-0.1, -0.05) is 32.0 Å². The third-order valence-electron chi connectivity index (χ3n) is 3.17. The highest BCUT2D eigenvalue weighted by atomic mass is 35.5. The van der Waals surface area contributed by atoms with Crippen LogP contribution in [-0.2, 0) is 10.3 Å². The summed E-state index contributed by atoms with van der Waals surface area (Å²) in [7, 11) is 0. The van der Waals surface area contributed by atoms with Gasteiger partial charge in [0.15, 0.2) is 0 Å². The second-order valence-electron chi connectivity index (χ2n) is 5.54. The fraction of sp³-hybridized carbons (Fsp3) is 0.533. The van der Waals surface area contributed by atoms with Gasteiger partial charge in [0.25, 0.3) is 0 Å². The largest absolute Gasteiger partial charge is 0.346 e. The summed E-state index contributed by atoms with van der Waals surface area (Å²) in [6.07, 6.45) is 0. The van der Waals surface area contributed by atoms with E-state index in [-0.39, 0.29) is 11.8 Å². The summed E-state index contributed by atoms with van der Waals surface area (Å²) in [5.41, 5.74) is 3.20. The van der Waals surface area contributed by atoms with E-state index in [2.05, 4.69) is 44.3 Å². The van der Waals surface area contributed by atoms with Crippen LogP contribution in [-0.4, -0.2) is 11.8 Å². The lowest BCUT2D eigenvalue weighted by molar-refractivity contribution is -0.120. The Bertz CT molecular complexity index is 438.